The average Bonchev–Trinajstić information content (AvgIpc) is 3.52. The third-order valence-corrected chi connectivity index (χ3v) is 7.23. The van der Waals surface area contributed by atoms with E-state index in [1.807, 2.05) is 17.5 Å². The molecule has 8 nitrogen and oxygen atoms in total. The van der Waals surface area contributed by atoms with Crippen molar-refractivity contribution >= 4 is 44.3 Å². The van der Waals surface area contributed by atoms with Crippen molar-refractivity contribution in [1.29, 1.82) is 0 Å². The lowest BCUT2D eigenvalue weighted by Gasteiger charge is -2.03. The smallest absolute Gasteiger partial charge is 0.238 e. The molecule has 0 fully saturated rings. The van der Waals surface area contributed by atoms with Crippen LogP contribution in [0.4, 0.5) is 9.52 Å². The van der Waals surface area contributed by atoms with Gasteiger partial charge in [-0.25, -0.2) is 27.6 Å². The third-order valence-electron chi connectivity index (χ3n) is 5.30. The number of anilines is 1. The summed E-state index contributed by atoms with van der Waals surface area (Å²) >= 11 is 7.36. The molecule has 3 N–H and O–H groups in total. The molecule has 0 spiro atoms. The van der Waals surface area contributed by atoms with Crippen LogP contribution in [0.5, 0.6) is 0 Å². The molecule has 0 saturated heterocycles. The Hall–Kier alpha value is -3.90. The zero-order valence-electron chi connectivity index (χ0n) is 18.9. The molecule has 0 aliphatic rings. The summed E-state index contributed by atoms with van der Waals surface area (Å²) in [6, 6.07) is 19.3. The Morgan fingerprint density at radius 1 is 1.00 bits per heavy atom. The number of aromatic nitrogens is 3. The topological polar surface area (TPSA) is 115 Å². The molecule has 0 amide bonds. The molecule has 2 heterocycles. The molecule has 0 aliphatic heterocycles. The van der Waals surface area contributed by atoms with E-state index in [-0.39, 0.29) is 10.7 Å². The highest BCUT2D eigenvalue weighted by molar-refractivity contribution is 7.89. The first-order valence-corrected chi connectivity index (χ1v) is 13.6. The molecule has 5 rings (SSSR count). The second-order valence-electron chi connectivity index (χ2n) is 7.84. The van der Waals surface area contributed by atoms with Crippen LogP contribution in [0.3, 0.4) is 0 Å². The average molecular weight is 553 g/mol. The van der Waals surface area contributed by atoms with Gasteiger partial charge in [0.1, 0.15) is 11.5 Å². The summed E-state index contributed by atoms with van der Waals surface area (Å²) in [7, 11) is -3.81. The molecule has 0 bridgehead atoms. The maximum atomic E-state index is 13.5. The van der Waals surface area contributed by atoms with E-state index in [1.54, 1.807) is 53.5 Å². The third kappa shape index (κ3) is 5.75. The zero-order chi connectivity index (χ0) is 26.0. The van der Waals surface area contributed by atoms with Gasteiger partial charge in [0.25, 0.3) is 0 Å². The van der Waals surface area contributed by atoms with Crippen molar-refractivity contribution in [3.63, 3.8) is 0 Å². The lowest BCUT2D eigenvalue weighted by Crippen LogP contribution is -2.12. The fraction of sp³-hybridized carbons (Fsp3) is 0. The number of thiazole rings is 1. The van der Waals surface area contributed by atoms with Crippen LogP contribution in [0.15, 0.2) is 94.4 Å². The summed E-state index contributed by atoms with van der Waals surface area (Å²) in [5.41, 5.74) is 7.15. The first-order chi connectivity index (χ1) is 17.8. The fourth-order valence-corrected chi connectivity index (χ4v) is 4.78. The molecule has 0 aliphatic carbocycles. The van der Waals surface area contributed by atoms with E-state index in [9.17, 15) is 12.8 Å². The number of nitrogens with two attached hydrogens (primary N) is 1. The van der Waals surface area contributed by atoms with Crippen molar-refractivity contribution < 1.29 is 12.8 Å². The van der Waals surface area contributed by atoms with Crippen LogP contribution in [0.25, 0.3) is 28.2 Å². The van der Waals surface area contributed by atoms with Crippen LogP contribution in [0.2, 0.25) is 5.02 Å². The summed E-state index contributed by atoms with van der Waals surface area (Å²) in [5.74, 6) is -0.362. The first kappa shape index (κ1) is 24.8. The summed E-state index contributed by atoms with van der Waals surface area (Å²) in [6.07, 6.45) is 3.32. The SMILES string of the molecule is NS(=O)(=O)c1ccc(-n2cc(/C=N/Nc3nc(-c4ccc(Cl)cc4)cs3)c(-c3ccc(F)cc3)n2)cc1. The predicted octanol–water partition coefficient (Wildman–Crippen LogP) is 5.55. The molecule has 186 valence electrons. The van der Waals surface area contributed by atoms with E-state index in [4.69, 9.17) is 16.7 Å². The summed E-state index contributed by atoms with van der Waals surface area (Å²) in [4.78, 5) is 4.54. The highest BCUT2D eigenvalue weighted by Crippen LogP contribution is 2.27. The number of primary sulfonamides is 1. The van der Waals surface area contributed by atoms with E-state index in [0.29, 0.717) is 32.7 Å². The lowest BCUT2D eigenvalue weighted by atomic mass is 10.1. The van der Waals surface area contributed by atoms with Crippen molar-refractivity contribution in [2.45, 2.75) is 4.90 Å². The minimum atomic E-state index is -3.81. The number of halogens is 2. The molecular weight excluding hydrogens is 535 g/mol. The van der Waals surface area contributed by atoms with Gasteiger partial charge in [0, 0.05) is 33.3 Å². The van der Waals surface area contributed by atoms with Gasteiger partial charge in [-0.1, -0.05) is 23.7 Å². The number of benzene rings is 3. The van der Waals surface area contributed by atoms with Gasteiger partial charge < -0.3 is 0 Å². The number of nitrogens with zero attached hydrogens (tertiary/aromatic N) is 4. The molecular formula is C25H18ClFN6O2S2. The fourth-order valence-electron chi connectivity index (χ4n) is 3.47. The maximum Gasteiger partial charge on any atom is 0.238 e. The van der Waals surface area contributed by atoms with Crippen LogP contribution >= 0.6 is 22.9 Å². The van der Waals surface area contributed by atoms with E-state index in [1.165, 1.54) is 35.6 Å². The Balaban J connectivity index is 1.42. The van der Waals surface area contributed by atoms with E-state index in [0.717, 1.165) is 11.3 Å². The molecule has 0 radical (unpaired) electrons. The van der Waals surface area contributed by atoms with Crippen LogP contribution < -0.4 is 10.6 Å². The van der Waals surface area contributed by atoms with Gasteiger partial charge >= 0.3 is 0 Å². The highest BCUT2D eigenvalue weighted by Gasteiger charge is 2.13. The van der Waals surface area contributed by atoms with Gasteiger partial charge in [-0.15, -0.1) is 11.3 Å². The molecule has 0 saturated carbocycles. The number of sulfonamides is 1. The number of hydrogen-bond donors (Lipinski definition) is 2. The maximum absolute atomic E-state index is 13.5. The first-order valence-electron chi connectivity index (χ1n) is 10.8. The van der Waals surface area contributed by atoms with E-state index >= 15 is 0 Å². The van der Waals surface area contributed by atoms with Crippen molar-refractivity contribution in [3.05, 3.63) is 101 Å². The Morgan fingerprint density at radius 2 is 1.68 bits per heavy atom. The van der Waals surface area contributed by atoms with Crippen molar-refractivity contribution in [2.24, 2.45) is 10.2 Å². The predicted molar refractivity (Wildman–Crippen MR) is 144 cm³/mol. The minimum Gasteiger partial charge on any atom is -0.253 e. The second-order valence-corrected chi connectivity index (χ2v) is 10.7. The van der Waals surface area contributed by atoms with Crippen LogP contribution in [-0.2, 0) is 10.0 Å². The Bertz CT molecular complexity index is 1680. The molecule has 0 atom stereocenters. The largest absolute Gasteiger partial charge is 0.253 e. The zero-order valence-corrected chi connectivity index (χ0v) is 21.3. The molecule has 37 heavy (non-hydrogen) atoms. The van der Waals surface area contributed by atoms with Crippen molar-refractivity contribution in [2.75, 3.05) is 5.43 Å². The van der Waals surface area contributed by atoms with E-state index < -0.39 is 10.0 Å². The van der Waals surface area contributed by atoms with Gasteiger partial charge in [0.2, 0.25) is 15.2 Å². The Morgan fingerprint density at radius 3 is 2.35 bits per heavy atom. The van der Waals surface area contributed by atoms with Gasteiger partial charge in [-0.05, 0) is 60.7 Å². The monoisotopic (exact) mass is 552 g/mol. The van der Waals surface area contributed by atoms with Gasteiger partial charge in [0.15, 0.2) is 0 Å². The van der Waals surface area contributed by atoms with E-state index in [2.05, 4.69) is 20.6 Å². The number of rotatable bonds is 7. The number of hydrogen-bond acceptors (Lipinski definition) is 7. The minimum absolute atomic E-state index is 0.00503. The Labute approximate surface area is 220 Å². The molecule has 2 aromatic heterocycles. The van der Waals surface area contributed by atoms with Crippen LogP contribution in [0.1, 0.15) is 5.56 Å². The second kappa shape index (κ2) is 10.2. The van der Waals surface area contributed by atoms with Crippen molar-refractivity contribution in [3.8, 4) is 28.2 Å². The van der Waals surface area contributed by atoms with Gasteiger partial charge in [-0.3, -0.25) is 5.43 Å². The molecule has 5 aromatic rings. The Kier molecular flexibility index (Phi) is 6.85. The lowest BCUT2D eigenvalue weighted by molar-refractivity contribution is 0.597. The molecule has 3 aromatic carbocycles. The number of hydrazone groups is 1. The molecule has 12 heteroatoms. The van der Waals surface area contributed by atoms with Crippen LogP contribution in [0, 0.1) is 5.82 Å². The highest BCUT2D eigenvalue weighted by atomic mass is 35.5. The van der Waals surface area contributed by atoms with Crippen LogP contribution in [-0.4, -0.2) is 29.4 Å². The normalized spacial score (nSPS) is 11.8. The van der Waals surface area contributed by atoms with Gasteiger partial charge in [0.05, 0.1) is 22.5 Å². The number of nitrogens with one attached hydrogen (secondary N) is 1. The summed E-state index contributed by atoms with van der Waals surface area (Å²) < 4.78 is 38.2. The standard InChI is InChI=1S/C25H18ClFN6O2S2/c26-19-5-1-16(2-6-19)23-15-36-25(30-23)31-29-13-18-14-33(21-9-11-22(12-10-21)37(28,34)35)32-24(18)17-3-7-20(27)8-4-17/h1-15H,(H,30,31)(H2,28,34,35)/b29-13+. The summed E-state index contributed by atoms with van der Waals surface area (Å²) in [5, 5.41) is 17.3. The van der Waals surface area contributed by atoms with Gasteiger partial charge in [-0.2, -0.15) is 10.2 Å². The molecule has 0 unspecified atom stereocenters. The van der Waals surface area contributed by atoms with Crippen molar-refractivity contribution in [1.82, 2.24) is 14.8 Å². The summed E-state index contributed by atoms with van der Waals surface area (Å²) in [6.45, 7) is 0. The quantitative estimate of drug-likeness (QED) is 0.203.